The first kappa shape index (κ1) is 26.9. The summed E-state index contributed by atoms with van der Waals surface area (Å²) in [6, 6.07) is 13.0. The number of sulfonamides is 1. The maximum atomic E-state index is 13.8. The fourth-order valence-electron chi connectivity index (χ4n) is 4.63. The van der Waals surface area contributed by atoms with Gasteiger partial charge in [0.2, 0.25) is 15.9 Å². The number of likely N-dealkylation sites (tertiary alicyclic amines) is 1. The number of aromatic nitrogens is 4. The number of benzene rings is 1. The SMILES string of the molecule is Cc1csc([C@H]2CCCN2C(=O)c2cc(-c3nnc([C@H](C)Cc4ccccc4)o3)nc(N(C)S(C)(=O)=O)c2)n1. The molecule has 10 nitrogen and oxygen atoms in total. The van der Waals surface area contributed by atoms with Crippen molar-refractivity contribution in [3.63, 3.8) is 0 Å². The van der Waals surface area contributed by atoms with Gasteiger partial charge in [0.1, 0.15) is 16.5 Å². The molecule has 0 unspecified atom stereocenters. The molecule has 12 heteroatoms. The van der Waals surface area contributed by atoms with Crippen LogP contribution in [0.3, 0.4) is 0 Å². The van der Waals surface area contributed by atoms with E-state index in [0.29, 0.717) is 24.4 Å². The van der Waals surface area contributed by atoms with E-state index in [2.05, 4.69) is 20.2 Å². The molecular weight excluding hydrogens is 536 g/mol. The van der Waals surface area contributed by atoms with Gasteiger partial charge in [0, 0.05) is 36.1 Å². The van der Waals surface area contributed by atoms with Gasteiger partial charge in [-0.05, 0) is 43.9 Å². The second-order valence-corrected chi connectivity index (χ2v) is 12.8. The Morgan fingerprint density at radius 1 is 1.21 bits per heavy atom. The van der Waals surface area contributed by atoms with E-state index in [1.165, 1.54) is 13.1 Å². The third-order valence-electron chi connectivity index (χ3n) is 6.78. The molecule has 0 N–H and O–H groups in total. The lowest BCUT2D eigenvalue weighted by Crippen LogP contribution is -2.31. The molecule has 0 bridgehead atoms. The molecule has 1 saturated heterocycles. The van der Waals surface area contributed by atoms with Crippen molar-refractivity contribution in [3.8, 4) is 11.6 Å². The number of anilines is 1. The van der Waals surface area contributed by atoms with Crippen LogP contribution < -0.4 is 4.31 Å². The van der Waals surface area contributed by atoms with Gasteiger partial charge in [-0.25, -0.2) is 18.4 Å². The average molecular weight is 567 g/mol. The summed E-state index contributed by atoms with van der Waals surface area (Å²) in [5, 5.41) is 11.3. The van der Waals surface area contributed by atoms with Crippen LogP contribution in [0, 0.1) is 6.92 Å². The lowest BCUT2D eigenvalue weighted by Gasteiger charge is -2.24. The summed E-state index contributed by atoms with van der Waals surface area (Å²) < 4.78 is 31.7. The first-order chi connectivity index (χ1) is 18.6. The van der Waals surface area contributed by atoms with Crippen molar-refractivity contribution in [2.24, 2.45) is 0 Å². The third-order valence-corrected chi connectivity index (χ3v) is 9.03. The fraction of sp³-hybridized carbons (Fsp3) is 0.370. The van der Waals surface area contributed by atoms with Gasteiger partial charge in [0.05, 0.1) is 12.3 Å². The Balaban J connectivity index is 1.49. The third kappa shape index (κ3) is 5.86. The maximum Gasteiger partial charge on any atom is 0.266 e. The van der Waals surface area contributed by atoms with Crippen LogP contribution in [0.2, 0.25) is 0 Å². The number of amides is 1. The van der Waals surface area contributed by atoms with Crippen molar-refractivity contribution < 1.29 is 17.6 Å². The Kier molecular flexibility index (Phi) is 7.50. The van der Waals surface area contributed by atoms with Gasteiger partial charge in [-0.15, -0.1) is 21.5 Å². The Morgan fingerprint density at radius 3 is 2.67 bits per heavy atom. The minimum absolute atomic E-state index is 0.0521. The van der Waals surface area contributed by atoms with Gasteiger partial charge in [-0.1, -0.05) is 37.3 Å². The molecule has 204 valence electrons. The molecule has 1 aliphatic heterocycles. The van der Waals surface area contributed by atoms with E-state index in [9.17, 15) is 13.2 Å². The number of carbonyl (C=O) groups is 1. The molecule has 4 aromatic rings. The van der Waals surface area contributed by atoms with Crippen LogP contribution in [0.5, 0.6) is 0 Å². The molecule has 2 atom stereocenters. The molecule has 0 saturated carbocycles. The van der Waals surface area contributed by atoms with Crippen LogP contribution in [0.15, 0.2) is 52.3 Å². The van der Waals surface area contributed by atoms with E-state index in [0.717, 1.165) is 39.7 Å². The minimum Gasteiger partial charge on any atom is -0.419 e. The van der Waals surface area contributed by atoms with Gasteiger partial charge >= 0.3 is 0 Å². The van der Waals surface area contributed by atoms with Crippen LogP contribution in [0.4, 0.5) is 5.82 Å². The zero-order valence-corrected chi connectivity index (χ0v) is 23.9. The molecular formula is C27H30N6O4S2. The number of rotatable bonds is 8. The molecule has 39 heavy (non-hydrogen) atoms. The summed E-state index contributed by atoms with van der Waals surface area (Å²) in [5.74, 6) is 0.370. The van der Waals surface area contributed by atoms with Gasteiger partial charge in [-0.2, -0.15) is 0 Å². The molecule has 5 rings (SSSR count). The second kappa shape index (κ2) is 10.9. The van der Waals surface area contributed by atoms with Crippen LogP contribution >= 0.6 is 11.3 Å². The van der Waals surface area contributed by atoms with E-state index >= 15 is 0 Å². The molecule has 0 spiro atoms. The summed E-state index contributed by atoms with van der Waals surface area (Å²) in [7, 11) is -2.24. The first-order valence-corrected chi connectivity index (χ1v) is 15.4. The molecule has 0 aliphatic carbocycles. The highest BCUT2D eigenvalue weighted by Crippen LogP contribution is 2.36. The van der Waals surface area contributed by atoms with Gasteiger partial charge in [-0.3, -0.25) is 9.10 Å². The summed E-state index contributed by atoms with van der Waals surface area (Å²) in [6.45, 7) is 4.51. The van der Waals surface area contributed by atoms with Crippen molar-refractivity contribution in [1.82, 2.24) is 25.1 Å². The molecule has 0 radical (unpaired) electrons. The number of hydrogen-bond donors (Lipinski definition) is 0. The lowest BCUT2D eigenvalue weighted by molar-refractivity contribution is 0.0735. The van der Waals surface area contributed by atoms with Gasteiger partial charge in [0.25, 0.3) is 11.8 Å². The van der Waals surface area contributed by atoms with Crippen molar-refractivity contribution >= 4 is 33.1 Å². The Morgan fingerprint density at radius 2 is 1.97 bits per heavy atom. The quantitative estimate of drug-likeness (QED) is 0.303. The number of carbonyl (C=O) groups excluding carboxylic acids is 1. The molecule has 1 aliphatic rings. The highest BCUT2D eigenvalue weighted by atomic mass is 32.2. The van der Waals surface area contributed by atoms with Crippen LogP contribution in [-0.4, -0.2) is 59.2 Å². The smallest absolute Gasteiger partial charge is 0.266 e. The summed E-state index contributed by atoms with van der Waals surface area (Å²) >= 11 is 1.54. The minimum atomic E-state index is -3.64. The predicted octanol–water partition coefficient (Wildman–Crippen LogP) is 4.62. The molecule has 3 aromatic heterocycles. The standard InChI is InChI=1S/C27H30N6O4S2/c1-17(13-19-9-6-5-7-10-19)24-30-31-25(37-24)21-14-20(15-23(29-21)32(3)39(4,35)36)27(34)33-12-8-11-22(33)26-28-18(2)16-38-26/h5-7,9-10,14-17,22H,8,11-13H2,1-4H3/t17-,22-/m1/s1. The molecule has 1 amide bonds. The van der Waals surface area contributed by atoms with Crippen molar-refractivity contribution in [1.29, 1.82) is 0 Å². The fourth-order valence-corrected chi connectivity index (χ4v) is 6.01. The number of hydrogen-bond acceptors (Lipinski definition) is 9. The van der Waals surface area contributed by atoms with Crippen LogP contribution in [-0.2, 0) is 16.4 Å². The topological polar surface area (TPSA) is 122 Å². The predicted molar refractivity (Wildman–Crippen MR) is 149 cm³/mol. The summed E-state index contributed by atoms with van der Waals surface area (Å²) in [6.07, 6.45) is 3.47. The van der Waals surface area contributed by atoms with Gasteiger partial charge in [0.15, 0.2) is 0 Å². The number of thiazole rings is 1. The Bertz CT molecular complexity index is 1580. The lowest BCUT2D eigenvalue weighted by atomic mass is 10.0. The van der Waals surface area contributed by atoms with Crippen molar-refractivity contribution in [2.75, 3.05) is 24.2 Å². The zero-order chi connectivity index (χ0) is 27.7. The maximum absolute atomic E-state index is 13.8. The highest BCUT2D eigenvalue weighted by Gasteiger charge is 2.33. The normalized spacial score (nSPS) is 16.4. The monoisotopic (exact) mass is 566 g/mol. The van der Waals surface area contributed by atoms with E-state index in [4.69, 9.17) is 4.42 Å². The number of nitrogens with zero attached hydrogens (tertiary/aromatic N) is 6. The molecule has 1 fully saturated rings. The summed E-state index contributed by atoms with van der Waals surface area (Å²) in [5.41, 5.74) is 2.59. The van der Waals surface area contributed by atoms with E-state index < -0.39 is 10.0 Å². The second-order valence-electron chi connectivity index (χ2n) is 9.85. The first-order valence-electron chi connectivity index (χ1n) is 12.7. The molecule has 4 heterocycles. The van der Waals surface area contributed by atoms with E-state index in [1.54, 1.807) is 22.3 Å². The van der Waals surface area contributed by atoms with Crippen LogP contribution in [0.1, 0.15) is 64.2 Å². The van der Waals surface area contributed by atoms with Crippen LogP contribution in [0.25, 0.3) is 11.6 Å². The number of pyridine rings is 1. The van der Waals surface area contributed by atoms with E-state index in [1.807, 2.05) is 49.6 Å². The largest absolute Gasteiger partial charge is 0.419 e. The Labute approximate surface area is 231 Å². The molecule has 1 aromatic carbocycles. The Hall–Kier alpha value is -3.64. The van der Waals surface area contributed by atoms with Gasteiger partial charge < -0.3 is 9.32 Å². The number of aryl methyl sites for hydroxylation is 1. The van der Waals surface area contributed by atoms with Crippen molar-refractivity contribution in [3.05, 3.63) is 75.6 Å². The average Bonchev–Trinajstić information content (AvgIpc) is 3.68. The van der Waals surface area contributed by atoms with E-state index in [-0.39, 0.29) is 35.3 Å². The highest BCUT2D eigenvalue weighted by molar-refractivity contribution is 7.92. The summed E-state index contributed by atoms with van der Waals surface area (Å²) in [4.78, 5) is 24.7. The van der Waals surface area contributed by atoms with Crippen molar-refractivity contribution in [2.45, 2.75) is 45.1 Å². The zero-order valence-electron chi connectivity index (χ0n) is 22.2.